The molecule has 1 atom stereocenters. The second-order valence-electron chi connectivity index (χ2n) is 2.30. The Balaban J connectivity index is 4.08. The Kier molecular flexibility index (Phi) is 3.57. The van der Waals surface area contributed by atoms with Crippen LogP contribution in [0.25, 0.3) is 0 Å². The number of Topliss-reactive ketones (excluding diaryl/α,β-unsaturated/α-hetero) is 1. The topological polar surface area (TPSA) is 57.2 Å². The summed E-state index contributed by atoms with van der Waals surface area (Å²) in [6.45, 7) is 3.50. The van der Waals surface area contributed by atoms with Crippen LogP contribution in [0.3, 0.4) is 0 Å². The van der Waals surface area contributed by atoms with Gasteiger partial charge in [-0.05, 0) is 5.92 Å². The van der Waals surface area contributed by atoms with Crippen molar-refractivity contribution in [1.82, 2.24) is 0 Å². The van der Waals surface area contributed by atoms with Gasteiger partial charge in [-0.15, -0.1) is 0 Å². The first-order valence-electron chi connectivity index (χ1n) is 2.86. The van der Waals surface area contributed by atoms with Crippen molar-refractivity contribution in [3.8, 4) is 0 Å². The number of aliphatic carboxylic acids is 1. The molecule has 0 aliphatic rings. The minimum Gasteiger partial charge on any atom is -0.542 e. The largest absolute Gasteiger partial charge is 0.542 e. The van der Waals surface area contributed by atoms with Gasteiger partial charge in [-0.25, -0.2) is 0 Å². The number of carboxylic acid groups (broad SMARTS) is 1. The highest BCUT2D eigenvalue weighted by atomic mass is 79.9. The number of hydrogen-bond acceptors (Lipinski definition) is 3. The Labute approximate surface area is 67.5 Å². The average Bonchev–Trinajstić information content (AvgIpc) is 1.84. The highest BCUT2D eigenvalue weighted by molar-refractivity contribution is 9.10. The van der Waals surface area contributed by atoms with Crippen molar-refractivity contribution in [2.45, 2.75) is 18.7 Å². The van der Waals surface area contributed by atoms with Gasteiger partial charge in [0.15, 0.2) is 5.78 Å². The first kappa shape index (κ1) is 9.62. The van der Waals surface area contributed by atoms with E-state index < -0.39 is 16.6 Å². The van der Waals surface area contributed by atoms with Gasteiger partial charge in [0.1, 0.15) is 5.97 Å². The van der Waals surface area contributed by atoms with E-state index in [0.717, 1.165) is 0 Å². The Morgan fingerprint density at radius 1 is 1.40 bits per heavy atom. The Morgan fingerprint density at radius 2 is 1.80 bits per heavy atom. The predicted octanol–water partition coefficient (Wildman–Crippen LogP) is -0.275. The lowest BCUT2D eigenvalue weighted by Gasteiger charge is -2.11. The molecule has 0 aromatic heterocycles. The van der Waals surface area contributed by atoms with E-state index >= 15 is 0 Å². The number of halogens is 1. The number of carbonyl (C=O) groups is 2. The van der Waals surface area contributed by atoms with Crippen LogP contribution in [-0.4, -0.2) is 16.6 Å². The second-order valence-corrected chi connectivity index (χ2v) is 3.28. The van der Waals surface area contributed by atoms with E-state index in [-0.39, 0.29) is 5.92 Å². The molecule has 0 amide bonds. The van der Waals surface area contributed by atoms with E-state index in [0.29, 0.717) is 0 Å². The molecule has 1 unspecified atom stereocenters. The molecule has 0 rings (SSSR count). The van der Waals surface area contributed by atoms with Crippen LogP contribution in [0.15, 0.2) is 0 Å². The van der Waals surface area contributed by atoms with Crippen molar-refractivity contribution >= 4 is 27.7 Å². The smallest absolute Gasteiger partial charge is 0.192 e. The van der Waals surface area contributed by atoms with E-state index in [1.54, 1.807) is 13.8 Å². The number of ketones is 1. The Morgan fingerprint density at radius 3 is 1.90 bits per heavy atom. The predicted molar refractivity (Wildman–Crippen MR) is 37.6 cm³/mol. The van der Waals surface area contributed by atoms with Gasteiger partial charge in [0.25, 0.3) is 0 Å². The minimum absolute atomic E-state index is 0.0228. The van der Waals surface area contributed by atoms with Crippen molar-refractivity contribution < 1.29 is 14.7 Å². The summed E-state index contributed by atoms with van der Waals surface area (Å²) in [6.07, 6.45) is 0. The van der Waals surface area contributed by atoms with Crippen molar-refractivity contribution in [3.05, 3.63) is 0 Å². The summed E-state index contributed by atoms with van der Waals surface area (Å²) in [4.78, 5) is 19.9. The van der Waals surface area contributed by atoms with Crippen LogP contribution in [0, 0.1) is 5.92 Å². The molecule has 0 N–H and O–H groups in total. The molecule has 0 saturated heterocycles. The van der Waals surface area contributed by atoms with Crippen LogP contribution >= 0.6 is 15.9 Å². The number of carboxylic acids is 1. The molecule has 10 heavy (non-hydrogen) atoms. The maximum absolute atomic E-state index is 10.6. The van der Waals surface area contributed by atoms with E-state index in [1.807, 2.05) is 0 Å². The lowest BCUT2D eigenvalue weighted by molar-refractivity contribution is -0.300. The molecule has 0 fully saturated rings. The maximum atomic E-state index is 10.6. The van der Waals surface area contributed by atoms with Gasteiger partial charge in [0.2, 0.25) is 0 Å². The van der Waals surface area contributed by atoms with Crippen LogP contribution < -0.4 is 5.11 Å². The minimum atomic E-state index is -1.63. The van der Waals surface area contributed by atoms with Gasteiger partial charge in [0.05, 0.1) is 4.83 Å². The quantitative estimate of drug-likeness (QED) is 0.473. The third kappa shape index (κ3) is 2.47. The molecule has 4 heteroatoms. The third-order valence-corrected chi connectivity index (χ3v) is 2.51. The lowest BCUT2D eigenvalue weighted by Crippen LogP contribution is -2.38. The third-order valence-electron chi connectivity index (χ3n) is 1.04. The molecule has 0 heterocycles. The molecular weight excluding hydrogens is 200 g/mol. The van der Waals surface area contributed by atoms with Gasteiger partial charge in [-0.2, -0.15) is 0 Å². The second kappa shape index (κ2) is 3.71. The first-order valence-corrected chi connectivity index (χ1v) is 3.77. The molecule has 0 bridgehead atoms. The summed E-state index contributed by atoms with van der Waals surface area (Å²) in [6, 6.07) is 0. The standard InChI is InChI=1S/C6H9BrO3/c1-3(2)4(7)5(8)6(9)10/h3-4H,1-2H3,(H,9,10)/p-1. The van der Waals surface area contributed by atoms with Crippen LogP contribution in [0.2, 0.25) is 0 Å². The maximum Gasteiger partial charge on any atom is 0.192 e. The Bertz CT molecular complexity index is 153. The van der Waals surface area contributed by atoms with Gasteiger partial charge in [-0.1, -0.05) is 29.8 Å². The summed E-state index contributed by atoms with van der Waals surface area (Å²) < 4.78 is 0. The fourth-order valence-corrected chi connectivity index (χ4v) is 0.602. The summed E-state index contributed by atoms with van der Waals surface area (Å²) in [5, 5.41) is 9.95. The Hall–Kier alpha value is -0.380. The van der Waals surface area contributed by atoms with E-state index in [2.05, 4.69) is 15.9 Å². The van der Waals surface area contributed by atoms with Crippen molar-refractivity contribution in [2.24, 2.45) is 5.92 Å². The summed E-state index contributed by atoms with van der Waals surface area (Å²) in [5.41, 5.74) is 0. The van der Waals surface area contributed by atoms with E-state index in [9.17, 15) is 14.7 Å². The van der Waals surface area contributed by atoms with Crippen LogP contribution in [0.4, 0.5) is 0 Å². The van der Waals surface area contributed by atoms with Crippen LogP contribution in [0.5, 0.6) is 0 Å². The fraction of sp³-hybridized carbons (Fsp3) is 0.667. The zero-order valence-corrected chi connectivity index (χ0v) is 7.34. The molecule has 0 aliphatic heterocycles. The van der Waals surface area contributed by atoms with Crippen LogP contribution in [0.1, 0.15) is 13.8 Å². The molecule has 3 nitrogen and oxygen atoms in total. The lowest BCUT2D eigenvalue weighted by atomic mass is 10.1. The van der Waals surface area contributed by atoms with Gasteiger partial charge in [-0.3, -0.25) is 4.79 Å². The van der Waals surface area contributed by atoms with Crippen LogP contribution in [-0.2, 0) is 9.59 Å². The van der Waals surface area contributed by atoms with Gasteiger partial charge >= 0.3 is 0 Å². The highest BCUT2D eigenvalue weighted by Crippen LogP contribution is 2.11. The molecule has 58 valence electrons. The van der Waals surface area contributed by atoms with E-state index in [1.165, 1.54) is 0 Å². The molecule has 0 aromatic carbocycles. The van der Waals surface area contributed by atoms with Gasteiger partial charge < -0.3 is 9.90 Å². The highest BCUT2D eigenvalue weighted by Gasteiger charge is 2.18. The summed E-state index contributed by atoms with van der Waals surface area (Å²) >= 11 is 2.94. The zero-order valence-electron chi connectivity index (χ0n) is 5.76. The number of rotatable bonds is 3. The normalized spacial score (nSPS) is 13.2. The fourth-order valence-electron chi connectivity index (χ4n) is 0.415. The molecular formula is C6H8BrO3-. The molecule has 0 spiro atoms. The van der Waals surface area contributed by atoms with Crippen molar-refractivity contribution in [3.63, 3.8) is 0 Å². The average molecular weight is 208 g/mol. The zero-order chi connectivity index (χ0) is 8.31. The van der Waals surface area contributed by atoms with E-state index in [4.69, 9.17) is 0 Å². The molecule has 0 radical (unpaired) electrons. The summed E-state index contributed by atoms with van der Waals surface area (Å²) in [7, 11) is 0. The molecule has 0 saturated carbocycles. The molecule has 0 aromatic rings. The summed E-state index contributed by atoms with van der Waals surface area (Å²) in [5.74, 6) is -2.55. The number of carbonyl (C=O) groups excluding carboxylic acids is 2. The van der Waals surface area contributed by atoms with Crippen molar-refractivity contribution in [1.29, 1.82) is 0 Å². The number of alkyl halides is 1. The SMILES string of the molecule is CC(C)C(Br)C(=O)C(=O)[O-]. The molecule has 0 aliphatic carbocycles. The van der Waals surface area contributed by atoms with Gasteiger partial charge in [0, 0.05) is 0 Å². The monoisotopic (exact) mass is 207 g/mol. The number of hydrogen-bond donors (Lipinski definition) is 0. The first-order chi connectivity index (χ1) is 4.46. The van der Waals surface area contributed by atoms with Crippen molar-refractivity contribution in [2.75, 3.05) is 0 Å².